The standard InChI is InChI=1S/C14H27NO4S/c1-5-6-7-12(13(16)19-4)15-9-8-14(2,3)20(17,18)11-10-15/h12H,5-11H2,1-4H3. The Hall–Kier alpha value is -0.620. The summed E-state index contributed by atoms with van der Waals surface area (Å²) in [6.07, 6.45) is 3.22. The second-order valence-electron chi connectivity index (χ2n) is 6.05. The van der Waals surface area contributed by atoms with E-state index < -0.39 is 14.6 Å². The average molecular weight is 305 g/mol. The summed E-state index contributed by atoms with van der Waals surface area (Å²) >= 11 is 0. The van der Waals surface area contributed by atoms with Crippen molar-refractivity contribution < 1.29 is 17.9 Å². The maximum atomic E-state index is 12.2. The Morgan fingerprint density at radius 3 is 2.55 bits per heavy atom. The van der Waals surface area contributed by atoms with Crippen LogP contribution in [-0.4, -0.2) is 56.0 Å². The minimum Gasteiger partial charge on any atom is -0.468 e. The van der Waals surface area contributed by atoms with Gasteiger partial charge in [-0.3, -0.25) is 9.69 Å². The maximum absolute atomic E-state index is 12.2. The fraction of sp³-hybridized carbons (Fsp3) is 0.929. The molecule has 1 unspecified atom stereocenters. The quantitative estimate of drug-likeness (QED) is 0.722. The third-order valence-electron chi connectivity index (χ3n) is 4.24. The molecule has 6 heteroatoms. The van der Waals surface area contributed by atoms with Crippen molar-refractivity contribution in [3.8, 4) is 0 Å². The van der Waals surface area contributed by atoms with Crippen molar-refractivity contribution in [3.05, 3.63) is 0 Å². The monoisotopic (exact) mass is 305 g/mol. The largest absolute Gasteiger partial charge is 0.468 e. The van der Waals surface area contributed by atoms with Crippen molar-refractivity contribution in [2.75, 3.05) is 26.0 Å². The van der Waals surface area contributed by atoms with E-state index in [4.69, 9.17) is 4.74 Å². The van der Waals surface area contributed by atoms with Gasteiger partial charge in [0.1, 0.15) is 6.04 Å². The van der Waals surface area contributed by atoms with Gasteiger partial charge in [-0.15, -0.1) is 0 Å². The van der Waals surface area contributed by atoms with Crippen molar-refractivity contribution in [2.24, 2.45) is 0 Å². The number of esters is 1. The van der Waals surface area contributed by atoms with Gasteiger partial charge in [0.15, 0.2) is 9.84 Å². The Morgan fingerprint density at radius 1 is 1.35 bits per heavy atom. The maximum Gasteiger partial charge on any atom is 0.323 e. The molecule has 0 spiro atoms. The summed E-state index contributed by atoms with van der Waals surface area (Å²) in [6.45, 7) is 6.64. The Balaban J connectivity index is 2.86. The molecule has 20 heavy (non-hydrogen) atoms. The molecule has 5 nitrogen and oxygen atoms in total. The van der Waals surface area contributed by atoms with Gasteiger partial charge >= 0.3 is 5.97 Å². The molecule has 0 radical (unpaired) electrons. The molecule has 0 bridgehead atoms. The Kier molecular flexibility index (Phi) is 6.01. The molecule has 0 N–H and O–H groups in total. The van der Waals surface area contributed by atoms with Gasteiger partial charge in [0.25, 0.3) is 0 Å². The van der Waals surface area contributed by atoms with Gasteiger partial charge in [0, 0.05) is 13.1 Å². The van der Waals surface area contributed by atoms with E-state index in [2.05, 4.69) is 6.92 Å². The summed E-state index contributed by atoms with van der Waals surface area (Å²) in [5.41, 5.74) is 0. The molecule has 1 fully saturated rings. The number of hydrogen-bond acceptors (Lipinski definition) is 5. The normalized spacial score (nSPS) is 23.8. The van der Waals surface area contributed by atoms with Gasteiger partial charge in [-0.2, -0.15) is 0 Å². The van der Waals surface area contributed by atoms with E-state index in [9.17, 15) is 13.2 Å². The number of methoxy groups -OCH3 is 1. The van der Waals surface area contributed by atoms with Crippen LogP contribution in [0.1, 0.15) is 46.5 Å². The molecule has 1 saturated heterocycles. The van der Waals surface area contributed by atoms with Gasteiger partial charge < -0.3 is 4.74 Å². The van der Waals surface area contributed by atoms with E-state index >= 15 is 0 Å². The van der Waals surface area contributed by atoms with Crippen molar-refractivity contribution in [1.82, 2.24) is 4.90 Å². The highest BCUT2D eigenvalue weighted by atomic mass is 32.2. The second kappa shape index (κ2) is 6.89. The van der Waals surface area contributed by atoms with Crippen LogP contribution in [0.2, 0.25) is 0 Å². The number of carbonyl (C=O) groups is 1. The molecule has 0 saturated carbocycles. The minimum absolute atomic E-state index is 0.111. The van der Waals surface area contributed by atoms with Crippen LogP contribution in [0.15, 0.2) is 0 Å². The van der Waals surface area contributed by atoms with Gasteiger partial charge in [-0.05, 0) is 26.7 Å². The fourth-order valence-corrected chi connectivity index (χ4v) is 3.92. The van der Waals surface area contributed by atoms with Gasteiger partial charge in [-0.25, -0.2) is 8.42 Å². The summed E-state index contributed by atoms with van der Waals surface area (Å²) in [5, 5.41) is 0. The van der Waals surface area contributed by atoms with E-state index in [0.29, 0.717) is 19.5 Å². The highest BCUT2D eigenvalue weighted by Crippen LogP contribution is 2.26. The van der Waals surface area contributed by atoms with E-state index in [1.807, 2.05) is 4.90 Å². The summed E-state index contributed by atoms with van der Waals surface area (Å²) < 4.78 is 28.6. The molecular formula is C14H27NO4S. The number of sulfone groups is 1. The van der Waals surface area contributed by atoms with E-state index in [1.165, 1.54) is 7.11 Å². The van der Waals surface area contributed by atoms with Crippen LogP contribution in [0.5, 0.6) is 0 Å². The van der Waals surface area contributed by atoms with Gasteiger partial charge in [-0.1, -0.05) is 19.8 Å². The zero-order valence-corrected chi connectivity index (χ0v) is 13.8. The lowest BCUT2D eigenvalue weighted by Crippen LogP contribution is -2.43. The molecule has 0 amide bonds. The van der Waals surface area contributed by atoms with Crippen LogP contribution in [0, 0.1) is 0 Å². The number of hydrogen-bond donors (Lipinski definition) is 0. The first kappa shape index (κ1) is 17.4. The molecule has 1 heterocycles. The molecule has 1 atom stereocenters. The van der Waals surface area contributed by atoms with E-state index in [0.717, 1.165) is 19.3 Å². The molecule has 0 aliphatic carbocycles. The summed E-state index contributed by atoms with van der Waals surface area (Å²) in [6, 6.07) is -0.316. The second-order valence-corrected chi connectivity index (χ2v) is 8.79. The Labute approximate surface area is 122 Å². The van der Waals surface area contributed by atoms with Gasteiger partial charge in [0.05, 0.1) is 17.6 Å². The van der Waals surface area contributed by atoms with Crippen molar-refractivity contribution in [1.29, 1.82) is 0 Å². The predicted octanol–water partition coefficient (Wildman–Crippen LogP) is 1.62. The molecule has 0 aromatic carbocycles. The Morgan fingerprint density at radius 2 is 2.00 bits per heavy atom. The van der Waals surface area contributed by atoms with Crippen LogP contribution in [0.25, 0.3) is 0 Å². The first-order valence-electron chi connectivity index (χ1n) is 7.29. The lowest BCUT2D eigenvalue weighted by Gasteiger charge is -2.28. The Bertz CT molecular complexity index is 430. The molecule has 1 aliphatic heterocycles. The lowest BCUT2D eigenvalue weighted by atomic mass is 10.1. The summed E-state index contributed by atoms with van der Waals surface area (Å²) in [7, 11) is -1.72. The zero-order chi connectivity index (χ0) is 15.4. The first-order valence-corrected chi connectivity index (χ1v) is 8.94. The summed E-state index contributed by atoms with van der Waals surface area (Å²) in [5.74, 6) is -0.143. The highest BCUT2D eigenvalue weighted by Gasteiger charge is 2.39. The SMILES string of the molecule is CCCCC(C(=O)OC)N1CCC(C)(C)S(=O)(=O)CC1. The molecular weight excluding hydrogens is 278 g/mol. The highest BCUT2D eigenvalue weighted by molar-refractivity contribution is 7.92. The van der Waals surface area contributed by atoms with E-state index in [1.54, 1.807) is 13.8 Å². The number of rotatable bonds is 5. The van der Waals surface area contributed by atoms with Crippen LogP contribution in [0.4, 0.5) is 0 Å². The average Bonchev–Trinajstić information content (AvgIpc) is 2.49. The van der Waals surface area contributed by atoms with Crippen LogP contribution >= 0.6 is 0 Å². The number of carbonyl (C=O) groups excluding carboxylic acids is 1. The topological polar surface area (TPSA) is 63.7 Å². The number of ether oxygens (including phenoxy) is 1. The van der Waals surface area contributed by atoms with Gasteiger partial charge in [0.2, 0.25) is 0 Å². The molecule has 1 rings (SSSR count). The van der Waals surface area contributed by atoms with Crippen LogP contribution in [0.3, 0.4) is 0 Å². The van der Waals surface area contributed by atoms with Crippen molar-refractivity contribution >= 4 is 15.8 Å². The fourth-order valence-electron chi connectivity index (χ4n) is 2.49. The zero-order valence-electron chi connectivity index (χ0n) is 13.0. The number of unbranched alkanes of at least 4 members (excludes halogenated alkanes) is 1. The smallest absolute Gasteiger partial charge is 0.323 e. The van der Waals surface area contributed by atoms with E-state index in [-0.39, 0.29) is 17.8 Å². The molecule has 0 aromatic rings. The first-order chi connectivity index (χ1) is 9.25. The predicted molar refractivity (Wildman–Crippen MR) is 79.4 cm³/mol. The summed E-state index contributed by atoms with van der Waals surface area (Å²) in [4.78, 5) is 13.9. The third-order valence-corrected chi connectivity index (χ3v) is 6.84. The molecule has 118 valence electrons. The molecule has 1 aliphatic rings. The van der Waals surface area contributed by atoms with Crippen molar-refractivity contribution in [2.45, 2.75) is 57.2 Å². The lowest BCUT2D eigenvalue weighted by molar-refractivity contribution is -0.147. The molecule has 0 aromatic heterocycles. The minimum atomic E-state index is -3.11. The van der Waals surface area contributed by atoms with Crippen LogP contribution < -0.4 is 0 Å². The number of nitrogens with zero attached hydrogens (tertiary/aromatic N) is 1. The third kappa shape index (κ3) is 3.95. The van der Waals surface area contributed by atoms with Crippen molar-refractivity contribution in [3.63, 3.8) is 0 Å². The van der Waals surface area contributed by atoms with Crippen LogP contribution in [-0.2, 0) is 19.4 Å².